The topological polar surface area (TPSA) is 101 Å². The number of rotatable bonds is 13. The number of likely N-dealkylation sites (tertiary alicyclic amines) is 1. The maximum Gasteiger partial charge on any atom is 0.332 e. The molecule has 0 bridgehead atoms. The Labute approximate surface area is 283 Å². The first-order chi connectivity index (χ1) is 23.1. The van der Waals surface area contributed by atoms with E-state index in [9.17, 15) is 23.2 Å². The smallest absolute Gasteiger partial charge is 0.332 e. The molecular weight excluding hydrogens is 678 g/mol. The van der Waals surface area contributed by atoms with Crippen LogP contribution >= 0.6 is 23.2 Å². The largest absolute Gasteiger partial charge is 0.488 e. The molecular formula is C33H34Cl2F3N3O7. The number of fused-ring (bicyclic) bond motifs is 1. The highest BCUT2D eigenvalue weighted by Gasteiger charge is 2.40. The summed E-state index contributed by atoms with van der Waals surface area (Å²) in [6.45, 7) is -1.81. The van der Waals surface area contributed by atoms with E-state index in [0.717, 1.165) is 28.7 Å². The standard InChI is InChI=1S/C33H34Cl2F3N3O7/c1-45-33(46-2)14-21(4-6-30(33)47-18-20-3-5-25(34)26(35)11-20)17-40-31(43)24-12-29(48-23(15-36)16-37)27(38)13-28(24)41(32(40)44)22-7-9-39(19-42)10-8-22/h3-6,11-13,19,22-23H,7-10,14-18H2,1-2H3. The fourth-order valence-electron chi connectivity index (χ4n) is 5.95. The number of ether oxygens (including phenoxy) is 4. The molecule has 0 atom stereocenters. The van der Waals surface area contributed by atoms with Gasteiger partial charge in [-0.3, -0.25) is 18.7 Å². The summed E-state index contributed by atoms with van der Waals surface area (Å²) in [4.78, 5) is 40.9. The zero-order chi connectivity index (χ0) is 34.6. The number of halogens is 5. The molecule has 15 heteroatoms. The molecule has 2 heterocycles. The Morgan fingerprint density at radius 3 is 2.35 bits per heavy atom. The summed E-state index contributed by atoms with van der Waals surface area (Å²) in [5.41, 5.74) is -0.137. The van der Waals surface area contributed by atoms with E-state index in [1.165, 1.54) is 18.8 Å². The van der Waals surface area contributed by atoms with Gasteiger partial charge in [0.1, 0.15) is 20.0 Å². The summed E-state index contributed by atoms with van der Waals surface area (Å²) in [6.07, 6.45) is 3.28. The van der Waals surface area contributed by atoms with E-state index in [1.54, 1.807) is 35.3 Å². The highest BCUT2D eigenvalue weighted by Crippen LogP contribution is 2.36. The lowest BCUT2D eigenvalue weighted by Crippen LogP contribution is -2.45. The van der Waals surface area contributed by atoms with Gasteiger partial charge in [0.15, 0.2) is 23.4 Å². The van der Waals surface area contributed by atoms with Gasteiger partial charge >= 0.3 is 5.69 Å². The van der Waals surface area contributed by atoms with Crippen LogP contribution in [0.25, 0.3) is 10.9 Å². The number of alkyl halides is 2. The van der Waals surface area contributed by atoms with Gasteiger partial charge in [0.2, 0.25) is 12.2 Å². The van der Waals surface area contributed by atoms with Crippen LogP contribution in [0.15, 0.2) is 63.4 Å². The number of amides is 1. The fourth-order valence-corrected chi connectivity index (χ4v) is 6.27. The predicted molar refractivity (Wildman–Crippen MR) is 173 cm³/mol. The normalized spacial score (nSPS) is 16.6. The van der Waals surface area contributed by atoms with E-state index < -0.39 is 54.1 Å². The van der Waals surface area contributed by atoms with Gasteiger partial charge in [0.25, 0.3) is 5.56 Å². The zero-order valence-corrected chi connectivity index (χ0v) is 27.7. The average molecular weight is 713 g/mol. The van der Waals surface area contributed by atoms with Gasteiger partial charge in [-0.15, -0.1) is 0 Å². The summed E-state index contributed by atoms with van der Waals surface area (Å²) in [7, 11) is 2.86. The van der Waals surface area contributed by atoms with Gasteiger partial charge in [-0.25, -0.2) is 18.0 Å². The average Bonchev–Trinajstić information content (AvgIpc) is 3.10. The first-order valence-corrected chi connectivity index (χ1v) is 15.9. The maximum atomic E-state index is 15.2. The SMILES string of the molecule is COC1(OC)CC(Cn2c(=O)c3cc(OC(CF)CF)c(F)cc3n(C3CCN(C=O)CC3)c2=O)=CC=C1OCc1ccc(Cl)c(Cl)c1. The minimum Gasteiger partial charge on any atom is -0.488 e. The summed E-state index contributed by atoms with van der Waals surface area (Å²) < 4.78 is 66.9. The number of aromatic nitrogens is 2. The van der Waals surface area contributed by atoms with Crippen molar-refractivity contribution in [2.45, 2.75) is 50.3 Å². The van der Waals surface area contributed by atoms with Crippen LogP contribution in [0, 0.1) is 5.82 Å². The molecule has 2 aromatic carbocycles. The molecule has 2 aliphatic rings. The number of hydrogen-bond donors (Lipinski definition) is 0. The first-order valence-electron chi connectivity index (χ1n) is 15.1. The molecule has 1 aromatic heterocycles. The monoisotopic (exact) mass is 711 g/mol. The Hall–Kier alpha value is -3.78. The second kappa shape index (κ2) is 15.2. The van der Waals surface area contributed by atoms with Gasteiger partial charge in [0, 0.05) is 45.8 Å². The van der Waals surface area contributed by atoms with E-state index >= 15 is 4.39 Å². The summed E-state index contributed by atoms with van der Waals surface area (Å²) >= 11 is 12.2. The van der Waals surface area contributed by atoms with Crippen molar-refractivity contribution in [1.82, 2.24) is 14.0 Å². The number of allylic oxidation sites excluding steroid dienone is 2. The van der Waals surface area contributed by atoms with Gasteiger partial charge in [0.05, 0.1) is 27.5 Å². The van der Waals surface area contributed by atoms with Crippen molar-refractivity contribution < 1.29 is 36.9 Å². The lowest BCUT2D eigenvalue weighted by atomic mass is 9.97. The molecule has 1 amide bonds. The second-order valence-electron chi connectivity index (χ2n) is 11.5. The molecule has 5 rings (SSSR count). The van der Waals surface area contributed by atoms with Gasteiger partial charge < -0.3 is 23.8 Å². The van der Waals surface area contributed by atoms with E-state index in [2.05, 4.69) is 0 Å². The molecule has 1 aliphatic heterocycles. The fraction of sp³-hybridized carbons (Fsp3) is 0.424. The Morgan fingerprint density at radius 2 is 1.73 bits per heavy atom. The van der Waals surface area contributed by atoms with Crippen molar-refractivity contribution in [3.63, 3.8) is 0 Å². The van der Waals surface area contributed by atoms with Crippen molar-refractivity contribution in [3.05, 3.63) is 96.1 Å². The number of methoxy groups -OCH3 is 2. The van der Waals surface area contributed by atoms with Crippen LogP contribution in [0.3, 0.4) is 0 Å². The lowest BCUT2D eigenvalue weighted by Gasteiger charge is -2.36. The quantitative estimate of drug-likeness (QED) is 0.170. The van der Waals surface area contributed by atoms with Crippen molar-refractivity contribution in [3.8, 4) is 5.75 Å². The number of piperidine rings is 1. The van der Waals surface area contributed by atoms with Gasteiger partial charge in [-0.1, -0.05) is 35.3 Å². The maximum absolute atomic E-state index is 15.2. The molecule has 3 aromatic rings. The van der Waals surface area contributed by atoms with E-state index in [1.807, 2.05) is 0 Å². The minimum atomic E-state index is -1.57. The molecule has 0 unspecified atom stereocenters. The summed E-state index contributed by atoms with van der Waals surface area (Å²) in [5.74, 6) is -2.57. The highest BCUT2D eigenvalue weighted by atomic mass is 35.5. The molecule has 0 radical (unpaired) electrons. The van der Waals surface area contributed by atoms with Crippen molar-refractivity contribution in [2.24, 2.45) is 0 Å². The van der Waals surface area contributed by atoms with E-state index in [4.69, 9.17) is 42.1 Å². The molecule has 258 valence electrons. The minimum absolute atomic E-state index is 0.00587. The Balaban J connectivity index is 1.56. The Kier molecular flexibility index (Phi) is 11.2. The van der Waals surface area contributed by atoms with E-state index in [0.29, 0.717) is 47.3 Å². The van der Waals surface area contributed by atoms with Crippen LogP contribution in [0.1, 0.15) is 30.9 Å². The van der Waals surface area contributed by atoms with Crippen LogP contribution < -0.4 is 16.0 Å². The van der Waals surface area contributed by atoms with Crippen molar-refractivity contribution >= 4 is 40.5 Å². The number of carbonyl (C=O) groups excluding carboxylic acids is 1. The number of benzene rings is 2. The summed E-state index contributed by atoms with van der Waals surface area (Å²) in [6, 6.07) is 6.65. The van der Waals surface area contributed by atoms with E-state index in [-0.39, 0.29) is 30.5 Å². The number of carbonyl (C=O) groups is 1. The first kappa shape index (κ1) is 35.5. The predicted octanol–water partition coefficient (Wildman–Crippen LogP) is 5.51. The van der Waals surface area contributed by atoms with Crippen LogP contribution in [-0.2, 0) is 32.2 Å². The molecule has 1 aliphatic carbocycles. The number of nitrogens with zero attached hydrogens (tertiary/aromatic N) is 3. The van der Waals surface area contributed by atoms with Crippen molar-refractivity contribution in [1.29, 1.82) is 0 Å². The number of hydrogen-bond acceptors (Lipinski definition) is 7. The van der Waals surface area contributed by atoms with Crippen molar-refractivity contribution in [2.75, 3.05) is 40.7 Å². The van der Waals surface area contributed by atoms with Gasteiger partial charge in [-0.2, -0.15) is 0 Å². The lowest BCUT2D eigenvalue weighted by molar-refractivity contribution is -0.204. The molecule has 48 heavy (non-hydrogen) atoms. The highest BCUT2D eigenvalue weighted by molar-refractivity contribution is 6.42. The molecule has 1 saturated heterocycles. The molecule has 0 spiro atoms. The molecule has 10 nitrogen and oxygen atoms in total. The van der Waals surface area contributed by atoms with Crippen LogP contribution in [0.2, 0.25) is 10.0 Å². The zero-order valence-electron chi connectivity index (χ0n) is 26.2. The molecule has 0 saturated carbocycles. The van der Waals surface area contributed by atoms with Crippen LogP contribution in [-0.4, -0.2) is 73.0 Å². The van der Waals surface area contributed by atoms with Crippen LogP contribution in [0.4, 0.5) is 13.2 Å². The Morgan fingerprint density at radius 1 is 1.02 bits per heavy atom. The summed E-state index contributed by atoms with van der Waals surface area (Å²) in [5, 5.41) is 0.691. The third-order valence-electron chi connectivity index (χ3n) is 8.58. The molecule has 0 N–H and O–H groups in total. The Bertz CT molecular complexity index is 1850. The van der Waals surface area contributed by atoms with Crippen LogP contribution in [0.5, 0.6) is 5.75 Å². The molecule has 1 fully saturated rings. The third-order valence-corrected chi connectivity index (χ3v) is 9.32. The second-order valence-corrected chi connectivity index (χ2v) is 12.3. The van der Waals surface area contributed by atoms with Gasteiger partial charge in [-0.05, 0) is 48.3 Å². The third kappa shape index (κ3) is 7.14.